The first-order chi connectivity index (χ1) is 13.3. The number of alkyl halides is 2. The van der Waals surface area contributed by atoms with E-state index in [1.54, 1.807) is 6.92 Å². The van der Waals surface area contributed by atoms with E-state index in [2.05, 4.69) is 10.5 Å². The lowest BCUT2D eigenvalue weighted by Crippen LogP contribution is -2.38. The summed E-state index contributed by atoms with van der Waals surface area (Å²) in [4.78, 5) is 50.0. The molecule has 1 aliphatic heterocycles. The Labute approximate surface area is 169 Å². The normalized spacial score (nSPS) is 33.3. The summed E-state index contributed by atoms with van der Waals surface area (Å²) in [6.07, 6.45) is 0.648. The van der Waals surface area contributed by atoms with Gasteiger partial charge in [-0.15, -0.1) is 23.2 Å². The van der Waals surface area contributed by atoms with Crippen molar-refractivity contribution in [1.29, 1.82) is 0 Å². The highest BCUT2D eigenvalue weighted by Gasteiger charge is 2.66. The maximum atomic E-state index is 12.7. The van der Waals surface area contributed by atoms with Gasteiger partial charge >= 0.3 is 5.97 Å². The van der Waals surface area contributed by atoms with E-state index in [0.29, 0.717) is 12.2 Å². The van der Waals surface area contributed by atoms with Crippen LogP contribution in [0.2, 0.25) is 0 Å². The number of halogens is 2. The topological polar surface area (TPSA) is 119 Å². The van der Waals surface area contributed by atoms with Crippen molar-refractivity contribution in [3.05, 3.63) is 11.8 Å². The smallest absolute Gasteiger partial charge is 0.326 e. The standard InChI is InChI=1S/C17H17Cl2N3O6/c1-6-2-9(21-28-6)20-10(23)5-27-11(24)4-22-16(25)12-7-3-8(13(12)17(22)26)15(19)14(7)18/h2,7-8,12-15H,3-5H2,1H3,(H,20,21,23)/t7-,8-,12-,13+,14-,15+/m1/s1. The maximum absolute atomic E-state index is 12.7. The number of likely N-dealkylation sites (tertiary alicyclic amines) is 1. The van der Waals surface area contributed by atoms with Crippen LogP contribution in [0.25, 0.3) is 0 Å². The number of anilines is 1. The lowest BCUT2D eigenvalue weighted by Gasteiger charge is -2.28. The molecule has 2 heterocycles. The van der Waals surface area contributed by atoms with Crippen LogP contribution in [-0.2, 0) is 23.9 Å². The number of aromatic nitrogens is 1. The van der Waals surface area contributed by atoms with Crippen LogP contribution in [0.15, 0.2) is 10.6 Å². The Bertz CT molecular complexity index is 826. The van der Waals surface area contributed by atoms with Crippen LogP contribution in [0.1, 0.15) is 12.2 Å². The van der Waals surface area contributed by atoms with Gasteiger partial charge in [-0.25, -0.2) is 0 Å². The molecule has 9 nitrogen and oxygen atoms in total. The number of nitrogens with zero attached hydrogens (tertiary/aromatic N) is 2. The molecule has 11 heteroatoms. The van der Waals surface area contributed by atoms with Crippen molar-refractivity contribution in [2.45, 2.75) is 24.1 Å². The summed E-state index contributed by atoms with van der Waals surface area (Å²) in [5.41, 5.74) is 0. The third-order valence-corrected chi connectivity index (χ3v) is 6.94. The molecule has 1 aromatic rings. The zero-order chi connectivity index (χ0) is 20.2. The zero-order valence-corrected chi connectivity index (χ0v) is 16.3. The fourth-order valence-electron chi connectivity index (χ4n) is 4.49. The number of amides is 3. The summed E-state index contributed by atoms with van der Waals surface area (Å²) in [7, 11) is 0. The number of aryl methyl sites for hydroxylation is 1. The Morgan fingerprint density at radius 2 is 1.86 bits per heavy atom. The Hall–Kier alpha value is -2.13. The molecule has 2 saturated carbocycles. The Morgan fingerprint density at radius 1 is 1.25 bits per heavy atom. The highest BCUT2D eigenvalue weighted by atomic mass is 35.5. The lowest BCUT2D eigenvalue weighted by molar-refractivity contribution is -0.154. The van der Waals surface area contributed by atoms with E-state index in [9.17, 15) is 19.2 Å². The van der Waals surface area contributed by atoms with Gasteiger partial charge in [0.2, 0.25) is 11.8 Å². The first-order valence-electron chi connectivity index (χ1n) is 8.80. The van der Waals surface area contributed by atoms with E-state index < -0.39 is 48.7 Å². The molecule has 0 radical (unpaired) electrons. The maximum Gasteiger partial charge on any atom is 0.326 e. The summed E-state index contributed by atoms with van der Waals surface area (Å²) in [5.74, 6) is -2.98. The molecule has 3 amide bonds. The largest absolute Gasteiger partial charge is 0.454 e. The summed E-state index contributed by atoms with van der Waals surface area (Å²) in [6, 6.07) is 1.50. The van der Waals surface area contributed by atoms with Gasteiger partial charge in [-0.3, -0.25) is 24.1 Å². The Morgan fingerprint density at radius 3 is 2.39 bits per heavy atom. The van der Waals surface area contributed by atoms with E-state index >= 15 is 0 Å². The first-order valence-corrected chi connectivity index (χ1v) is 9.67. The van der Waals surface area contributed by atoms with Crippen molar-refractivity contribution in [1.82, 2.24) is 10.1 Å². The van der Waals surface area contributed by atoms with Gasteiger partial charge in [0.25, 0.3) is 5.91 Å². The molecule has 1 aromatic heterocycles. The van der Waals surface area contributed by atoms with Crippen LogP contribution in [-0.4, -0.2) is 57.7 Å². The average molecular weight is 430 g/mol. The van der Waals surface area contributed by atoms with Crippen LogP contribution in [0.4, 0.5) is 5.82 Å². The monoisotopic (exact) mass is 429 g/mol. The van der Waals surface area contributed by atoms with Gasteiger partial charge in [0.05, 0.1) is 22.6 Å². The summed E-state index contributed by atoms with van der Waals surface area (Å²) >= 11 is 12.6. The number of ether oxygens (including phenoxy) is 1. The van der Waals surface area contributed by atoms with E-state index in [0.717, 1.165) is 4.90 Å². The molecule has 3 fully saturated rings. The number of hydrogen-bond acceptors (Lipinski definition) is 7. The number of carbonyl (C=O) groups excluding carboxylic acids is 4. The van der Waals surface area contributed by atoms with Crippen LogP contribution in [0.5, 0.6) is 0 Å². The highest BCUT2D eigenvalue weighted by Crippen LogP contribution is 2.59. The number of rotatable bonds is 5. The second-order valence-corrected chi connectivity index (χ2v) is 8.31. The minimum Gasteiger partial charge on any atom is -0.454 e. The van der Waals surface area contributed by atoms with E-state index in [-0.39, 0.29) is 28.4 Å². The molecule has 0 aromatic carbocycles. The molecule has 3 aliphatic rings. The molecule has 6 atom stereocenters. The first kappa shape index (κ1) is 19.2. The summed E-state index contributed by atoms with van der Waals surface area (Å²) in [6.45, 7) is 0.542. The van der Waals surface area contributed by atoms with Gasteiger partial charge < -0.3 is 14.6 Å². The molecule has 4 rings (SSSR count). The van der Waals surface area contributed by atoms with Crippen molar-refractivity contribution in [3.63, 3.8) is 0 Å². The predicted molar refractivity (Wildman–Crippen MR) is 95.4 cm³/mol. The average Bonchev–Trinajstić information content (AvgIpc) is 3.36. The van der Waals surface area contributed by atoms with E-state index in [1.807, 2.05) is 0 Å². The molecule has 2 bridgehead atoms. The minimum atomic E-state index is -0.856. The van der Waals surface area contributed by atoms with Crippen molar-refractivity contribution >= 4 is 52.7 Å². The number of hydrogen-bond donors (Lipinski definition) is 1. The molecule has 0 unspecified atom stereocenters. The van der Waals surface area contributed by atoms with Gasteiger partial charge in [-0.05, 0) is 25.2 Å². The van der Waals surface area contributed by atoms with Crippen LogP contribution in [0.3, 0.4) is 0 Å². The van der Waals surface area contributed by atoms with Crippen LogP contribution >= 0.6 is 23.2 Å². The molecule has 0 spiro atoms. The van der Waals surface area contributed by atoms with Gasteiger partial charge in [0, 0.05) is 6.07 Å². The zero-order valence-electron chi connectivity index (χ0n) is 14.8. The molecular formula is C17H17Cl2N3O6. The SMILES string of the molecule is Cc1cc(NC(=O)COC(=O)CN2C(=O)[C@@H]3[C@H]4C[C@@H]([C@H](Cl)[C@@H]4Cl)[C@@H]3C2=O)no1. The number of imide groups is 1. The van der Waals surface area contributed by atoms with Gasteiger partial charge in [0.1, 0.15) is 12.3 Å². The molecule has 28 heavy (non-hydrogen) atoms. The quantitative estimate of drug-likeness (QED) is 0.419. The van der Waals surface area contributed by atoms with Gasteiger partial charge in [0.15, 0.2) is 12.4 Å². The fourth-order valence-corrected chi connectivity index (χ4v) is 5.38. The molecule has 2 aliphatic carbocycles. The summed E-state index contributed by atoms with van der Waals surface area (Å²) < 4.78 is 9.67. The Kier molecular flexibility index (Phi) is 4.83. The Balaban J connectivity index is 1.32. The van der Waals surface area contributed by atoms with Crippen molar-refractivity contribution in [3.8, 4) is 0 Å². The number of fused-ring (bicyclic) bond motifs is 5. The molecule has 150 valence electrons. The minimum absolute atomic E-state index is 0.159. The highest BCUT2D eigenvalue weighted by molar-refractivity contribution is 6.31. The second-order valence-electron chi connectivity index (χ2n) is 7.30. The predicted octanol–water partition coefficient (Wildman–Crippen LogP) is 0.930. The lowest BCUT2D eigenvalue weighted by atomic mass is 9.80. The van der Waals surface area contributed by atoms with Crippen molar-refractivity contribution in [2.24, 2.45) is 23.7 Å². The molecular weight excluding hydrogens is 413 g/mol. The van der Waals surface area contributed by atoms with Gasteiger partial charge in [-0.2, -0.15) is 0 Å². The van der Waals surface area contributed by atoms with Crippen LogP contribution in [0, 0.1) is 30.6 Å². The molecule has 1 saturated heterocycles. The third kappa shape index (κ3) is 3.06. The van der Waals surface area contributed by atoms with Crippen LogP contribution < -0.4 is 5.32 Å². The summed E-state index contributed by atoms with van der Waals surface area (Å²) in [5, 5.41) is 5.26. The molecule has 1 N–H and O–H groups in total. The number of nitrogens with one attached hydrogen (secondary N) is 1. The second kappa shape index (κ2) is 7.04. The van der Waals surface area contributed by atoms with E-state index in [4.69, 9.17) is 32.5 Å². The van der Waals surface area contributed by atoms with E-state index in [1.165, 1.54) is 6.07 Å². The number of esters is 1. The number of carbonyl (C=O) groups is 4. The third-order valence-electron chi connectivity index (χ3n) is 5.63. The van der Waals surface area contributed by atoms with Crippen molar-refractivity contribution < 1.29 is 28.4 Å². The van der Waals surface area contributed by atoms with Gasteiger partial charge in [-0.1, -0.05) is 5.16 Å². The fraction of sp³-hybridized carbons (Fsp3) is 0.588. The van der Waals surface area contributed by atoms with Crippen molar-refractivity contribution in [2.75, 3.05) is 18.5 Å².